The van der Waals surface area contributed by atoms with E-state index < -0.39 is 12.7 Å². The van der Waals surface area contributed by atoms with E-state index >= 15 is 0 Å². The Kier molecular flexibility index (Phi) is 3.74. The van der Waals surface area contributed by atoms with Gasteiger partial charge in [-0.3, -0.25) is 0 Å². The number of halogens is 3. The van der Waals surface area contributed by atoms with E-state index in [1.165, 1.54) is 0 Å². The van der Waals surface area contributed by atoms with Crippen LogP contribution in [0.3, 0.4) is 0 Å². The Labute approximate surface area is 78.6 Å². The molecule has 0 radical (unpaired) electrons. The maximum atomic E-state index is 11.7. The molecule has 1 aromatic heterocycles. The molecule has 0 saturated heterocycles. The van der Waals surface area contributed by atoms with Crippen molar-refractivity contribution in [1.29, 1.82) is 0 Å². The molecule has 0 unspecified atom stereocenters. The summed E-state index contributed by atoms with van der Waals surface area (Å²) < 4.78 is 35.0. The summed E-state index contributed by atoms with van der Waals surface area (Å²) in [5.41, 5.74) is 0. The molecule has 0 atom stereocenters. The van der Waals surface area contributed by atoms with Gasteiger partial charge < -0.3 is 5.32 Å². The lowest BCUT2D eigenvalue weighted by molar-refractivity contribution is -0.124. The Morgan fingerprint density at radius 2 is 2.15 bits per heavy atom. The minimum Gasteiger partial charge on any atom is -0.308 e. The van der Waals surface area contributed by atoms with Gasteiger partial charge in [0.05, 0.1) is 6.54 Å². The molecule has 1 aromatic rings. The summed E-state index contributed by atoms with van der Waals surface area (Å²) in [6, 6.07) is 3.81. The zero-order chi connectivity index (χ0) is 9.73. The van der Waals surface area contributed by atoms with Crippen molar-refractivity contribution in [2.45, 2.75) is 12.6 Å². The summed E-state index contributed by atoms with van der Waals surface area (Å²) in [5.74, 6) is 0. The Morgan fingerprint density at radius 3 is 2.69 bits per heavy atom. The highest BCUT2D eigenvalue weighted by molar-refractivity contribution is 7.09. The monoisotopic (exact) mass is 209 g/mol. The van der Waals surface area contributed by atoms with Crippen LogP contribution < -0.4 is 5.32 Å². The van der Waals surface area contributed by atoms with Crippen LogP contribution in [0.25, 0.3) is 0 Å². The van der Waals surface area contributed by atoms with Crippen LogP contribution in [-0.4, -0.2) is 19.3 Å². The summed E-state index contributed by atoms with van der Waals surface area (Å²) in [4.78, 5) is 1.11. The fourth-order valence-corrected chi connectivity index (χ4v) is 1.61. The van der Waals surface area contributed by atoms with E-state index in [0.29, 0.717) is 13.0 Å². The lowest BCUT2D eigenvalue weighted by Gasteiger charge is -2.06. The van der Waals surface area contributed by atoms with Gasteiger partial charge in [0.25, 0.3) is 0 Å². The van der Waals surface area contributed by atoms with Gasteiger partial charge in [0.2, 0.25) is 0 Å². The lowest BCUT2D eigenvalue weighted by Crippen LogP contribution is -2.30. The van der Waals surface area contributed by atoms with Crippen molar-refractivity contribution in [2.24, 2.45) is 0 Å². The minimum atomic E-state index is -4.10. The zero-order valence-electron chi connectivity index (χ0n) is 6.90. The van der Waals surface area contributed by atoms with Gasteiger partial charge in [-0.1, -0.05) is 6.07 Å². The summed E-state index contributed by atoms with van der Waals surface area (Å²) >= 11 is 1.56. The van der Waals surface area contributed by atoms with E-state index in [1.807, 2.05) is 17.5 Å². The molecule has 0 aromatic carbocycles. The highest BCUT2D eigenvalue weighted by atomic mass is 32.1. The second kappa shape index (κ2) is 4.62. The lowest BCUT2D eigenvalue weighted by atomic mass is 10.3. The SMILES string of the molecule is FC(F)(F)CNCCc1cccs1. The predicted molar refractivity (Wildman–Crippen MR) is 46.9 cm³/mol. The van der Waals surface area contributed by atoms with Crippen molar-refractivity contribution in [1.82, 2.24) is 5.32 Å². The number of alkyl halides is 3. The Hall–Kier alpha value is -0.550. The van der Waals surface area contributed by atoms with E-state index in [9.17, 15) is 13.2 Å². The van der Waals surface area contributed by atoms with Crippen LogP contribution >= 0.6 is 11.3 Å². The van der Waals surface area contributed by atoms with E-state index in [1.54, 1.807) is 11.3 Å². The van der Waals surface area contributed by atoms with Crippen LogP contribution in [0, 0.1) is 0 Å². The second-order valence-corrected chi connectivity index (χ2v) is 3.65. The van der Waals surface area contributed by atoms with Crippen molar-refractivity contribution in [3.8, 4) is 0 Å². The predicted octanol–water partition coefficient (Wildman–Crippen LogP) is 2.44. The molecule has 5 heteroatoms. The smallest absolute Gasteiger partial charge is 0.308 e. The zero-order valence-corrected chi connectivity index (χ0v) is 7.71. The van der Waals surface area contributed by atoms with Crippen LogP contribution in [0.4, 0.5) is 13.2 Å². The van der Waals surface area contributed by atoms with E-state index in [0.717, 1.165) is 4.88 Å². The average Bonchev–Trinajstić information content (AvgIpc) is 2.48. The van der Waals surface area contributed by atoms with E-state index in [4.69, 9.17) is 0 Å². The molecule has 0 aliphatic heterocycles. The third-order valence-corrected chi connectivity index (χ3v) is 2.39. The van der Waals surface area contributed by atoms with Gasteiger partial charge in [0.15, 0.2) is 0 Å². The molecule has 13 heavy (non-hydrogen) atoms. The van der Waals surface area contributed by atoms with Crippen LogP contribution in [0.5, 0.6) is 0 Å². The third kappa shape index (κ3) is 4.90. The second-order valence-electron chi connectivity index (χ2n) is 2.62. The highest BCUT2D eigenvalue weighted by Crippen LogP contribution is 2.12. The Balaban J connectivity index is 2.09. The molecule has 0 spiro atoms. The Bertz CT molecular complexity index is 230. The Morgan fingerprint density at radius 1 is 1.38 bits per heavy atom. The molecule has 0 aliphatic rings. The number of hydrogen-bond acceptors (Lipinski definition) is 2. The molecule has 0 bridgehead atoms. The molecular formula is C8H10F3NS. The first-order chi connectivity index (χ1) is 6.08. The van der Waals surface area contributed by atoms with Crippen molar-refractivity contribution in [2.75, 3.05) is 13.1 Å². The van der Waals surface area contributed by atoms with Gasteiger partial charge >= 0.3 is 6.18 Å². The molecule has 1 N–H and O–H groups in total. The van der Waals surface area contributed by atoms with Crippen LogP contribution in [0.15, 0.2) is 17.5 Å². The standard InChI is InChI=1S/C8H10F3NS/c9-8(10,11)6-12-4-3-7-2-1-5-13-7/h1-2,5,12H,3-4,6H2. The normalized spacial score (nSPS) is 11.9. The van der Waals surface area contributed by atoms with Gasteiger partial charge in [-0.05, 0) is 17.9 Å². The van der Waals surface area contributed by atoms with Gasteiger partial charge in [-0.25, -0.2) is 0 Å². The fourth-order valence-electron chi connectivity index (χ4n) is 0.897. The van der Waals surface area contributed by atoms with Crippen molar-refractivity contribution < 1.29 is 13.2 Å². The maximum Gasteiger partial charge on any atom is 0.401 e. The largest absolute Gasteiger partial charge is 0.401 e. The first-order valence-electron chi connectivity index (χ1n) is 3.88. The topological polar surface area (TPSA) is 12.0 Å². The molecule has 1 rings (SSSR count). The van der Waals surface area contributed by atoms with Gasteiger partial charge in [-0.2, -0.15) is 13.2 Å². The highest BCUT2D eigenvalue weighted by Gasteiger charge is 2.25. The summed E-state index contributed by atoms with van der Waals surface area (Å²) in [6.45, 7) is -0.529. The molecule has 74 valence electrons. The minimum absolute atomic E-state index is 0.375. The molecule has 0 aliphatic carbocycles. The average molecular weight is 209 g/mol. The quantitative estimate of drug-likeness (QED) is 0.751. The van der Waals surface area contributed by atoms with Gasteiger partial charge in [0, 0.05) is 11.4 Å². The summed E-state index contributed by atoms with van der Waals surface area (Å²) in [6.07, 6.45) is -3.44. The fraction of sp³-hybridized carbons (Fsp3) is 0.500. The molecule has 0 amide bonds. The van der Waals surface area contributed by atoms with Crippen LogP contribution in [0.2, 0.25) is 0 Å². The van der Waals surface area contributed by atoms with Crippen LogP contribution in [-0.2, 0) is 6.42 Å². The number of nitrogens with one attached hydrogen (secondary N) is 1. The first-order valence-corrected chi connectivity index (χ1v) is 4.76. The molecule has 1 heterocycles. The molecule has 0 fully saturated rings. The number of rotatable bonds is 4. The summed E-state index contributed by atoms with van der Waals surface area (Å²) in [5, 5.41) is 4.26. The maximum absolute atomic E-state index is 11.7. The van der Waals surface area contributed by atoms with E-state index in [-0.39, 0.29) is 0 Å². The molecular weight excluding hydrogens is 199 g/mol. The van der Waals surface area contributed by atoms with Gasteiger partial charge in [-0.15, -0.1) is 11.3 Å². The molecule has 1 nitrogen and oxygen atoms in total. The molecule has 0 saturated carbocycles. The van der Waals surface area contributed by atoms with Crippen molar-refractivity contribution >= 4 is 11.3 Å². The van der Waals surface area contributed by atoms with Crippen molar-refractivity contribution in [3.05, 3.63) is 22.4 Å². The number of hydrogen-bond donors (Lipinski definition) is 1. The van der Waals surface area contributed by atoms with E-state index in [2.05, 4.69) is 5.32 Å². The van der Waals surface area contributed by atoms with Crippen molar-refractivity contribution in [3.63, 3.8) is 0 Å². The number of thiophene rings is 1. The third-order valence-electron chi connectivity index (χ3n) is 1.45. The van der Waals surface area contributed by atoms with Crippen LogP contribution in [0.1, 0.15) is 4.88 Å². The van der Waals surface area contributed by atoms with Gasteiger partial charge in [0.1, 0.15) is 0 Å². The summed E-state index contributed by atoms with van der Waals surface area (Å²) in [7, 11) is 0. The first kappa shape index (κ1) is 10.5.